The standard InChI is InChI=1S/C17H18IN5O/c18-22-17-16-15(19-5-6-20-16)11-14(21-17)12-1-3-13(4-2-12)23-7-9-24-10-8-23/h1-6,11,15,19H,7-10H2,(H,21,22). The van der Waals surface area contributed by atoms with Gasteiger partial charge in [0.05, 0.1) is 47.8 Å². The van der Waals surface area contributed by atoms with E-state index in [1.54, 1.807) is 6.20 Å². The highest BCUT2D eigenvalue weighted by Gasteiger charge is 2.25. The lowest BCUT2D eigenvalue weighted by molar-refractivity contribution is 0.122. The van der Waals surface area contributed by atoms with Gasteiger partial charge in [0.2, 0.25) is 0 Å². The molecule has 2 N–H and O–H groups in total. The lowest BCUT2D eigenvalue weighted by Gasteiger charge is -2.29. The number of fused-ring (bicyclic) bond motifs is 1. The van der Waals surface area contributed by atoms with Crippen LogP contribution in [0, 0.1) is 0 Å². The number of anilines is 1. The Morgan fingerprint density at radius 3 is 2.75 bits per heavy atom. The molecule has 1 atom stereocenters. The highest BCUT2D eigenvalue weighted by atomic mass is 127. The molecule has 4 rings (SSSR count). The minimum Gasteiger partial charge on any atom is -0.378 e. The Kier molecular flexibility index (Phi) is 4.52. The third kappa shape index (κ3) is 3.05. The van der Waals surface area contributed by atoms with Crippen molar-refractivity contribution in [2.75, 3.05) is 31.2 Å². The molecule has 1 fully saturated rings. The monoisotopic (exact) mass is 435 g/mol. The molecule has 3 aliphatic heterocycles. The number of nitrogens with one attached hydrogen (secondary N) is 2. The maximum Gasteiger partial charge on any atom is 0.159 e. The zero-order valence-electron chi connectivity index (χ0n) is 13.1. The van der Waals surface area contributed by atoms with Crippen molar-refractivity contribution < 1.29 is 4.74 Å². The summed E-state index contributed by atoms with van der Waals surface area (Å²) in [6.07, 6.45) is 5.73. The summed E-state index contributed by atoms with van der Waals surface area (Å²) in [6, 6.07) is 8.63. The Morgan fingerprint density at radius 1 is 1.21 bits per heavy atom. The van der Waals surface area contributed by atoms with Crippen molar-refractivity contribution >= 4 is 45.8 Å². The van der Waals surface area contributed by atoms with Gasteiger partial charge in [-0.1, -0.05) is 12.1 Å². The van der Waals surface area contributed by atoms with E-state index in [1.165, 1.54) is 5.69 Å². The van der Waals surface area contributed by atoms with Gasteiger partial charge in [-0.05, 0) is 18.2 Å². The number of hydrogen-bond donors (Lipinski definition) is 2. The summed E-state index contributed by atoms with van der Waals surface area (Å²) in [7, 11) is 0. The molecule has 1 unspecified atom stereocenters. The first-order valence-corrected chi connectivity index (χ1v) is 9.02. The average molecular weight is 435 g/mol. The molecule has 0 radical (unpaired) electrons. The van der Waals surface area contributed by atoms with E-state index in [9.17, 15) is 0 Å². The van der Waals surface area contributed by atoms with Crippen molar-refractivity contribution in [3.05, 3.63) is 48.3 Å². The lowest BCUT2D eigenvalue weighted by Crippen LogP contribution is -2.43. The fraction of sp³-hybridized carbons (Fsp3) is 0.294. The van der Waals surface area contributed by atoms with E-state index < -0.39 is 0 Å². The smallest absolute Gasteiger partial charge is 0.159 e. The fourth-order valence-electron chi connectivity index (χ4n) is 3.03. The van der Waals surface area contributed by atoms with Gasteiger partial charge in [-0.3, -0.25) is 4.99 Å². The Morgan fingerprint density at radius 2 is 2.00 bits per heavy atom. The summed E-state index contributed by atoms with van der Waals surface area (Å²) in [5.74, 6) is 0.798. The molecule has 7 heteroatoms. The third-order valence-electron chi connectivity index (χ3n) is 4.29. The highest BCUT2D eigenvalue weighted by molar-refractivity contribution is 14.1. The summed E-state index contributed by atoms with van der Waals surface area (Å²) in [6.45, 7) is 3.48. The quantitative estimate of drug-likeness (QED) is 0.552. The van der Waals surface area contributed by atoms with Crippen LogP contribution in [0.2, 0.25) is 0 Å². The predicted molar refractivity (Wildman–Crippen MR) is 106 cm³/mol. The van der Waals surface area contributed by atoms with Gasteiger partial charge in [0.25, 0.3) is 0 Å². The van der Waals surface area contributed by atoms with E-state index in [-0.39, 0.29) is 6.04 Å². The molecule has 0 aromatic heterocycles. The molecular weight excluding hydrogens is 417 g/mol. The predicted octanol–water partition coefficient (Wildman–Crippen LogP) is 2.10. The zero-order valence-corrected chi connectivity index (χ0v) is 15.2. The molecule has 24 heavy (non-hydrogen) atoms. The molecule has 0 amide bonds. The molecule has 1 saturated heterocycles. The maximum absolute atomic E-state index is 5.41. The first-order valence-electron chi connectivity index (χ1n) is 7.94. The summed E-state index contributed by atoms with van der Waals surface area (Å²) < 4.78 is 8.53. The molecule has 3 aliphatic rings. The molecule has 3 heterocycles. The molecule has 0 spiro atoms. The Hall–Kier alpha value is -1.87. The fourth-order valence-corrected chi connectivity index (χ4v) is 3.42. The first kappa shape index (κ1) is 15.6. The second-order valence-electron chi connectivity index (χ2n) is 5.73. The van der Waals surface area contributed by atoms with Gasteiger partial charge in [-0.15, -0.1) is 0 Å². The first-order chi connectivity index (χ1) is 11.8. The normalized spacial score (nSPS) is 22.8. The number of nitrogens with zero attached hydrogens (tertiary/aromatic N) is 3. The number of ether oxygens (including phenoxy) is 1. The number of amidine groups is 1. The summed E-state index contributed by atoms with van der Waals surface area (Å²) in [5.41, 5.74) is 4.21. The van der Waals surface area contributed by atoms with Crippen LogP contribution in [0.1, 0.15) is 5.56 Å². The van der Waals surface area contributed by atoms with E-state index in [0.717, 1.165) is 49.1 Å². The second-order valence-corrected chi connectivity index (χ2v) is 6.27. The summed E-state index contributed by atoms with van der Waals surface area (Å²) >= 11 is 2.10. The van der Waals surface area contributed by atoms with Crippen molar-refractivity contribution in [3.8, 4) is 0 Å². The number of benzene rings is 1. The zero-order chi connectivity index (χ0) is 16.4. The van der Waals surface area contributed by atoms with E-state index in [1.807, 2.05) is 6.20 Å². The number of morpholine rings is 1. The molecule has 0 aliphatic carbocycles. The van der Waals surface area contributed by atoms with Gasteiger partial charge in [-0.25, -0.2) is 4.99 Å². The summed E-state index contributed by atoms with van der Waals surface area (Å²) in [4.78, 5) is 11.5. The minimum absolute atomic E-state index is 0.0543. The molecule has 0 saturated carbocycles. The van der Waals surface area contributed by atoms with Crippen LogP contribution in [0.3, 0.4) is 0 Å². The van der Waals surface area contributed by atoms with Crippen molar-refractivity contribution in [3.63, 3.8) is 0 Å². The van der Waals surface area contributed by atoms with Crippen LogP contribution >= 0.6 is 22.9 Å². The molecular formula is C17H18IN5O. The SMILES string of the molecule is INC1=NC(c2ccc(N3CCOCC3)cc2)=CC2NC=CN=C12. The van der Waals surface area contributed by atoms with Gasteiger partial charge in [-0.2, -0.15) is 0 Å². The molecule has 6 nitrogen and oxygen atoms in total. The van der Waals surface area contributed by atoms with Gasteiger partial charge in [0.15, 0.2) is 5.84 Å². The molecule has 124 valence electrons. The van der Waals surface area contributed by atoms with Gasteiger partial charge in [0.1, 0.15) is 5.71 Å². The maximum atomic E-state index is 5.41. The number of halogens is 1. The highest BCUT2D eigenvalue weighted by Crippen LogP contribution is 2.25. The molecule has 1 aromatic rings. The second kappa shape index (κ2) is 6.94. The molecule has 1 aromatic carbocycles. The van der Waals surface area contributed by atoms with Crippen LogP contribution in [-0.2, 0) is 4.74 Å². The number of hydrogen-bond acceptors (Lipinski definition) is 6. The average Bonchev–Trinajstić information content (AvgIpc) is 2.68. The van der Waals surface area contributed by atoms with Crippen LogP contribution in [0.5, 0.6) is 0 Å². The number of rotatable bonds is 2. The topological polar surface area (TPSA) is 61.2 Å². The largest absolute Gasteiger partial charge is 0.378 e. The number of aliphatic imine (C=N–C) groups is 2. The van der Waals surface area contributed by atoms with Crippen LogP contribution in [-0.4, -0.2) is 43.9 Å². The summed E-state index contributed by atoms with van der Waals surface area (Å²) in [5, 5.41) is 3.31. The molecule has 0 bridgehead atoms. The van der Waals surface area contributed by atoms with Gasteiger partial charge < -0.3 is 18.5 Å². The van der Waals surface area contributed by atoms with E-state index >= 15 is 0 Å². The van der Waals surface area contributed by atoms with Crippen LogP contribution in [0.4, 0.5) is 5.69 Å². The van der Waals surface area contributed by atoms with Crippen molar-refractivity contribution in [1.82, 2.24) is 8.85 Å². The Balaban J connectivity index is 1.59. The van der Waals surface area contributed by atoms with E-state index in [2.05, 4.69) is 71.9 Å². The van der Waals surface area contributed by atoms with Crippen LogP contribution in [0.15, 0.2) is 52.7 Å². The minimum atomic E-state index is 0.0543. The Bertz CT molecular complexity index is 732. The van der Waals surface area contributed by atoms with Crippen molar-refractivity contribution in [1.29, 1.82) is 0 Å². The van der Waals surface area contributed by atoms with E-state index in [4.69, 9.17) is 9.73 Å². The van der Waals surface area contributed by atoms with E-state index in [0.29, 0.717) is 0 Å². The van der Waals surface area contributed by atoms with Crippen molar-refractivity contribution in [2.24, 2.45) is 9.98 Å². The lowest BCUT2D eigenvalue weighted by atomic mass is 10.0. The third-order valence-corrected chi connectivity index (χ3v) is 4.80. The van der Waals surface area contributed by atoms with Crippen LogP contribution < -0.4 is 13.7 Å². The van der Waals surface area contributed by atoms with Gasteiger partial charge >= 0.3 is 0 Å². The van der Waals surface area contributed by atoms with Crippen LogP contribution in [0.25, 0.3) is 5.70 Å². The van der Waals surface area contributed by atoms with Crippen molar-refractivity contribution in [2.45, 2.75) is 6.04 Å². The van der Waals surface area contributed by atoms with Gasteiger partial charge in [0, 0.05) is 36.7 Å². The Labute approximate surface area is 154 Å².